The molecule has 2 N–H and O–H groups in total. The van der Waals surface area contributed by atoms with Crippen molar-refractivity contribution in [2.75, 3.05) is 17.8 Å². The van der Waals surface area contributed by atoms with Gasteiger partial charge in [-0.25, -0.2) is 8.42 Å². The van der Waals surface area contributed by atoms with Crippen LogP contribution in [0.1, 0.15) is 6.42 Å². The highest BCUT2D eigenvalue weighted by molar-refractivity contribution is 7.93. The minimum Gasteiger partial charge on any atom is -0.315 e. The lowest BCUT2D eigenvalue weighted by Gasteiger charge is -2.13. The van der Waals surface area contributed by atoms with E-state index in [4.69, 9.17) is 0 Å². The second-order valence-electron chi connectivity index (χ2n) is 4.82. The Labute approximate surface area is 112 Å². The summed E-state index contributed by atoms with van der Waals surface area (Å²) in [6, 6.07) is 13.5. The summed E-state index contributed by atoms with van der Waals surface area (Å²) in [6.45, 7) is 1.30. The zero-order chi connectivity index (χ0) is 13.3. The van der Waals surface area contributed by atoms with Crippen LogP contribution in [0, 0.1) is 0 Å². The molecule has 5 heteroatoms. The summed E-state index contributed by atoms with van der Waals surface area (Å²) in [5.41, 5.74) is 0.630. The van der Waals surface area contributed by atoms with Gasteiger partial charge in [0.15, 0.2) is 0 Å². The fraction of sp³-hybridized carbons (Fsp3) is 0.286. The average Bonchev–Trinajstić information content (AvgIpc) is 2.93. The normalized spacial score (nSPS) is 19.7. The fourth-order valence-corrected chi connectivity index (χ4v) is 3.78. The first kappa shape index (κ1) is 12.4. The zero-order valence-electron chi connectivity index (χ0n) is 10.5. The summed E-state index contributed by atoms with van der Waals surface area (Å²) < 4.78 is 27.1. The molecule has 1 atom stereocenters. The number of benzene rings is 2. The smallest absolute Gasteiger partial charge is 0.236 e. The molecule has 0 amide bonds. The molecule has 100 valence electrons. The highest BCUT2D eigenvalue weighted by Crippen LogP contribution is 2.21. The van der Waals surface area contributed by atoms with Gasteiger partial charge in [-0.3, -0.25) is 4.72 Å². The van der Waals surface area contributed by atoms with E-state index >= 15 is 0 Å². The number of nitrogens with one attached hydrogen (secondary N) is 2. The Morgan fingerprint density at radius 1 is 1.11 bits per heavy atom. The van der Waals surface area contributed by atoms with E-state index in [0.29, 0.717) is 18.7 Å². The Balaban J connectivity index is 1.88. The molecule has 2 aromatic carbocycles. The molecule has 2 aromatic rings. The first-order chi connectivity index (χ1) is 9.15. The molecule has 0 aromatic heterocycles. The number of hydrogen-bond acceptors (Lipinski definition) is 3. The van der Waals surface area contributed by atoms with Crippen molar-refractivity contribution in [3.63, 3.8) is 0 Å². The molecule has 3 rings (SSSR count). The van der Waals surface area contributed by atoms with E-state index in [1.165, 1.54) is 0 Å². The molecule has 1 fully saturated rings. The Bertz CT molecular complexity index is 691. The summed E-state index contributed by atoms with van der Waals surface area (Å²) in [5, 5.41) is 4.88. The Hall–Kier alpha value is -1.59. The molecule has 0 aliphatic carbocycles. The first-order valence-electron chi connectivity index (χ1n) is 6.36. The highest BCUT2D eigenvalue weighted by Gasteiger charge is 2.28. The van der Waals surface area contributed by atoms with E-state index in [2.05, 4.69) is 10.0 Å². The molecule has 1 aliphatic heterocycles. The number of sulfonamides is 1. The summed E-state index contributed by atoms with van der Waals surface area (Å²) >= 11 is 0. The average molecular weight is 276 g/mol. The van der Waals surface area contributed by atoms with Crippen LogP contribution in [-0.4, -0.2) is 26.8 Å². The molecule has 0 bridgehead atoms. The van der Waals surface area contributed by atoms with E-state index in [-0.39, 0.29) is 5.25 Å². The third-order valence-electron chi connectivity index (χ3n) is 3.46. The molecule has 0 spiro atoms. The van der Waals surface area contributed by atoms with Gasteiger partial charge in [0, 0.05) is 12.2 Å². The molecule has 0 radical (unpaired) electrons. The van der Waals surface area contributed by atoms with Gasteiger partial charge < -0.3 is 5.32 Å². The van der Waals surface area contributed by atoms with Crippen LogP contribution in [0.3, 0.4) is 0 Å². The van der Waals surface area contributed by atoms with Gasteiger partial charge in [-0.15, -0.1) is 0 Å². The standard InChI is InChI=1S/C14H16N2O2S/c17-19(18,14-7-8-15-10-14)16-13-6-5-11-3-1-2-4-12(11)9-13/h1-6,9,14-16H,7-8,10H2. The van der Waals surface area contributed by atoms with Gasteiger partial charge in [0.25, 0.3) is 0 Å². The van der Waals surface area contributed by atoms with Crippen LogP contribution in [0.15, 0.2) is 42.5 Å². The Kier molecular flexibility index (Phi) is 3.16. The van der Waals surface area contributed by atoms with Crippen molar-refractivity contribution in [1.29, 1.82) is 0 Å². The second-order valence-corrected chi connectivity index (χ2v) is 6.78. The largest absolute Gasteiger partial charge is 0.315 e. The maximum absolute atomic E-state index is 12.2. The predicted molar refractivity (Wildman–Crippen MR) is 77.8 cm³/mol. The summed E-state index contributed by atoms with van der Waals surface area (Å²) in [4.78, 5) is 0. The van der Waals surface area contributed by atoms with Crippen LogP contribution in [0.25, 0.3) is 10.8 Å². The Morgan fingerprint density at radius 2 is 1.89 bits per heavy atom. The van der Waals surface area contributed by atoms with Crippen LogP contribution >= 0.6 is 0 Å². The SMILES string of the molecule is O=S(=O)(Nc1ccc2ccccc2c1)C1CCNC1. The van der Waals surface area contributed by atoms with Crippen LogP contribution in [-0.2, 0) is 10.0 Å². The van der Waals surface area contributed by atoms with Crippen LogP contribution in [0.2, 0.25) is 0 Å². The maximum Gasteiger partial charge on any atom is 0.236 e. The van der Waals surface area contributed by atoms with E-state index in [0.717, 1.165) is 17.3 Å². The van der Waals surface area contributed by atoms with Gasteiger partial charge in [0.1, 0.15) is 0 Å². The lowest BCUT2D eigenvalue weighted by atomic mass is 10.1. The Morgan fingerprint density at radius 3 is 2.63 bits per heavy atom. The number of anilines is 1. The molecule has 19 heavy (non-hydrogen) atoms. The molecular weight excluding hydrogens is 260 g/mol. The minimum absolute atomic E-state index is 0.334. The molecule has 1 unspecified atom stereocenters. The molecule has 1 saturated heterocycles. The summed E-state index contributed by atoms with van der Waals surface area (Å²) in [7, 11) is -3.29. The minimum atomic E-state index is -3.29. The topological polar surface area (TPSA) is 58.2 Å². The van der Waals surface area contributed by atoms with Crippen LogP contribution < -0.4 is 10.0 Å². The molecule has 4 nitrogen and oxygen atoms in total. The highest BCUT2D eigenvalue weighted by atomic mass is 32.2. The van der Waals surface area contributed by atoms with Gasteiger partial charge in [-0.05, 0) is 35.9 Å². The van der Waals surface area contributed by atoms with Crippen molar-refractivity contribution in [1.82, 2.24) is 5.32 Å². The van der Waals surface area contributed by atoms with Crippen molar-refractivity contribution >= 4 is 26.5 Å². The number of fused-ring (bicyclic) bond motifs is 1. The molecule has 0 saturated carbocycles. The van der Waals surface area contributed by atoms with Crippen molar-refractivity contribution in [3.05, 3.63) is 42.5 Å². The molecule has 1 aliphatic rings. The van der Waals surface area contributed by atoms with Crippen molar-refractivity contribution in [2.45, 2.75) is 11.7 Å². The summed E-state index contributed by atoms with van der Waals surface area (Å²) in [5.74, 6) is 0. The van der Waals surface area contributed by atoms with Crippen molar-refractivity contribution in [3.8, 4) is 0 Å². The van der Waals surface area contributed by atoms with E-state index in [1.54, 1.807) is 0 Å². The lowest BCUT2D eigenvalue weighted by Crippen LogP contribution is -2.29. The van der Waals surface area contributed by atoms with Gasteiger partial charge in [-0.2, -0.15) is 0 Å². The quantitative estimate of drug-likeness (QED) is 0.901. The van der Waals surface area contributed by atoms with E-state index in [9.17, 15) is 8.42 Å². The maximum atomic E-state index is 12.2. The van der Waals surface area contributed by atoms with Crippen molar-refractivity contribution < 1.29 is 8.42 Å². The molecular formula is C14H16N2O2S. The zero-order valence-corrected chi connectivity index (χ0v) is 11.3. The van der Waals surface area contributed by atoms with Crippen LogP contribution in [0.5, 0.6) is 0 Å². The van der Waals surface area contributed by atoms with E-state index < -0.39 is 10.0 Å². The van der Waals surface area contributed by atoms with E-state index in [1.807, 2.05) is 42.5 Å². The number of hydrogen-bond donors (Lipinski definition) is 2. The third kappa shape index (κ3) is 2.57. The second kappa shape index (κ2) is 4.83. The molecule has 1 heterocycles. The van der Waals surface area contributed by atoms with Gasteiger partial charge in [0.05, 0.1) is 5.25 Å². The third-order valence-corrected chi connectivity index (χ3v) is 5.26. The van der Waals surface area contributed by atoms with Gasteiger partial charge in [-0.1, -0.05) is 30.3 Å². The van der Waals surface area contributed by atoms with Gasteiger partial charge in [0.2, 0.25) is 10.0 Å². The van der Waals surface area contributed by atoms with Crippen LogP contribution in [0.4, 0.5) is 5.69 Å². The van der Waals surface area contributed by atoms with Gasteiger partial charge >= 0.3 is 0 Å². The monoisotopic (exact) mass is 276 g/mol. The lowest BCUT2D eigenvalue weighted by molar-refractivity contribution is 0.588. The number of rotatable bonds is 3. The fourth-order valence-electron chi connectivity index (χ4n) is 2.39. The first-order valence-corrected chi connectivity index (χ1v) is 7.91. The predicted octanol–water partition coefficient (Wildman–Crippen LogP) is 1.94. The summed E-state index contributed by atoms with van der Waals surface area (Å²) in [6.07, 6.45) is 0.670. The van der Waals surface area contributed by atoms with Crippen molar-refractivity contribution in [2.24, 2.45) is 0 Å².